The Hall–Kier alpha value is -2.90. The highest BCUT2D eigenvalue weighted by Crippen LogP contribution is 2.29. The van der Waals surface area contributed by atoms with E-state index in [4.69, 9.17) is 9.15 Å². The van der Waals surface area contributed by atoms with Gasteiger partial charge in [0.1, 0.15) is 17.2 Å². The largest absolute Gasteiger partial charge is 0.497 e. The van der Waals surface area contributed by atoms with Crippen molar-refractivity contribution < 1.29 is 22.7 Å². The second-order valence-electron chi connectivity index (χ2n) is 5.61. The van der Waals surface area contributed by atoms with Crippen molar-refractivity contribution in [3.8, 4) is 5.75 Å². The number of amides is 1. The number of hydrogen-bond acceptors (Lipinski definition) is 4. The third-order valence-corrected chi connectivity index (χ3v) is 4.02. The summed E-state index contributed by atoms with van der Waals surface area (Å²) < 4.78 is 37.4. The fourth-order valence-corrected chi connectivity index (χ4v) is 2.63. The molecule has 6 nitrogen and oxygen atoms in total. The van der Waals surface area contributed by atoms with Gasteiger partial charge in [-0.25, -0.2) is 4.98 Å². The molecule has 8 heteroatoms. The monoisotopic (exact) mass is 349 g/mol. The normalized spacial score (nSPS) is 11.3. The molecule has 0 saturated heterocycles. The number of imidazole rings is 1. The Morgan fingerprint density at radius 2 is 2.20 bits per heavy atom. The van der Waals surface area contributed by atoms with Crippen LogP contribution in [0.5, 0.6) is 5.75 Å². The second-order valence-corrected chi connectivity index (χ2v) is 5.61. The molecule has 0 unspecified atom stereocenters. The molecule has 1 amide bonds. The first-order valence-electron chi connectivity index (χ1n) is 7.54. The minimum atomic E-state index is -2.71. The van der Waals surface area contributed by atoms with Gasteiger partial charge in [-0.2, -0.15) is 8.78 Å². The zero-order chi connectivity index (χ0) is 18.1. The van der Waals surface area contributed by atoms with Gasteiger partial charge in [0.2, 0.25) is 0 Å². The first-order chi connectivity index (χ1) is 11.9. The van der Waals surface area contributed by atoms with E-state index >= 15 is 0 Å². The summed E-state index contributed by atoms with van der Waals surface area (Å²) in [6.45, 7) is -0.996. The van der Waals surface area contributed by atoms with Gasteiger partial charge in [0, 0.05) is 30.4 Å². The molecule has 0 saturated carbocycles. The van der Waals surface area contributed by atoms with Gasteiger partial charge in [0.05, 0.1) is 13.7 Å². The molecular formula is C17H17F2N3O3. The minimum Gasteiger partial charge on any atom is -0.497 e. The number of ether oxygens (including phenoxy) is 1. The van der Waals surface area contributed by atoms with Gasteiger partial charge >= 0.3 is 6.55 Å². The lowest BCUT2D eigenvalue weighted by Gasteiger charge is -2.16. The number of aromatic nitrogens is 2. The molecule has 1 aromatic carbocycles. The topological polar surface area (TPSA) is 60.5 Å². The fourth-order valence-electron chi connectivity index (χ4n) is 2.63. The SMILES string of the molecule is COc1ccc2oc(C(=O)N(C)Cc3nccn3C(F)F)c(C)c2c1. The number of halogens is 2. The summed E-state index contributed by atoms with van der Waals surface area (Å²) in [5, 5.41) is 0.769. The molecule has 25 heavy (non-hydrogen) atoms. The van der Waals surface area contributed by atoms with Crippen LogP contribution < -0.4 is 4.74 Å². The molecule has 0 atom stereocenters. The maximum atomic E-state index is 12.9. The van der Waals surface area contributed by atoms with Crippen molar-refractivity contribution in [3.05, 3.63) is 47.7 Å². The number of furan rings is 1. The molecule has 2 aromatic heterocycles. The van der Waals surface area contributed by atoms with Crippen LogP contribution in [-0.2, 0) is 6.54 Å². The van der Waals surface area contributed by atoms with Crippen molar-refractivity contribution in [3.63, 3.8) is 0 Å². The van der Waals surface area contributed by atoms with Crippen LogP contribution in [0.15, 0.2) is 35.0 Å². The van der Waals surface area contributed by atoms with E-state index in [0.29, 0.717) is 16.9 Å². The van der Waals surface area contributed by atoms with Gasteiger partial charge in [-0.05, 0) is 25.1 Å². The number of hydrogen-bond donors (Lipinski definition) is 0. The van der Waals surface area contributed by atoms with E-state index in [-0.39, 0.29) is 18.1 Å². The fraction of sp³-hybridized carbons (Fsp3) is 0.294. The molecule has 0 aliphatic heterocycles. The quantitative estimate of drug-likeness (QED) is 0.706. The molecule has 3 aromatic rings. The standard InChI is InChI=1S/C17H17F2N3O3/c1-10-12-8-11(24-3)4-5-13(12)25-15(10)16(23)21(2)9-14-20-6-7-22(14)17(18)19/h4-8,17H,9H2,1-3H3. The zero-order valence-corrected chi connectivity index (χ0v) is 14.0. The number of carbonyl (C=O) groups is 1. The van der Waals surface area contributed by atoms with Crippen LogP contribution in [0.4, 0.5) is 8.78 Å². The number of rotatable bonds is 5. The van der Waals surface area contributed by atoms with Crippen molar-refractivity contribution in [2.75, 3.05) is 14.2 Å². The highest BCUT2D eigenvalue weighted by Gasteiger charge is 2.23. The number of nitrogens with zero attached hydrogens (tertiary/aromatic N) is 3. The third kappa shape index (κ3) is 3.07. The maximum Gasteiger partial charge on any atom is 0.319 e. The molecular weight excluding hydrogens is 332 g/mol. The van der Waals surface area contributed by atoms with E-state index in [9.17, 15) is 13.6 Å². The lowest BCUT2D eigenvalue weighted by atomic mass is 10.1. The van der Waals surface area contributed by atoms with E-state index in [0.717, 1.165) is 9.95 Å². The van der Waals surface area contributed by atoms with Crippen LogP contribution in [0, 0.1) is 6.92 Å². The number of alkyl halides is 2. The Morgan fingerprint density at radius 1 is 1.44 bits per heavy atom. The highest BCUT2D eigenvalue weighted by molar-refractivity contribution is 5.99. The van der Waals surface area contributed by atoms with Crippen molar-refractivity contribution in [2.24, 2.45) is 0 Å². The van der Waals surface area contributed by atoms with Gasteiger partial charge in [-0.3, -0.25) is 9.36 Å². The highest BCUT2D eigenvalue weighted by atomic mass is 19.3. The Morgan fingerprint density at radius 3 is 2.88 bits per heavy atom. The molecule has 0 spiro atoms. The average molecular weight is 349 g/mol. The van der Waals surface area contributed by atoms with Crippen LogP contribution in [-0.4, -0.2) is 34.5 Å². The second kappa shape index (κ2) is 6.54. The van der Waals surface area contributed by atoms with E-state index in [2.05, 4.69) is 4.98 Å². The molecule has 0 bridgehead atoms. The molecule has 3 rings (SSSR count). The van der Waals surface area contributed by atoms with Crippen LogP contribution in [0.25, 0.3) is 11.0 Å². The van der Waals surface area contributed by atoms with Crippen LogP contribution in [0.1, 0.15) is 28.5 Å². The summed E-state index contributed by atoms with van der Waals surface area (Å²) in [7, 11) is 3.07. The van der Waals surface area contributed by atoms with Crippen LogP contribution >= 0.6 is 0 Å². The van der Waals surface area contributed by atoms with Crippen LogP contribution in [0.2, 0.25) is 0 Å². The smallest absolute Gasteiger partial charge is 0.319 e. The number of carbonyl (C=O) groups excluding carboxylic acids is 1. The minimum absolute atomic E-state index is 0.0595. The van der Waals surface area contributed by atoms with Crippen molar-refractivity contribution in [1.29, 1.82) is 0 Å². The molecule has 2 heterocycles. The van der Waals surface area contributed by atoms with Gasteiger partial charge < -0.3 is 14.1 Å². The van der Waals surface area contributed by atoms with E-state index < -0.39 is 12.5 Å². The summed E-state index contributed by atoms with van der Waals surface area (Å²) in [6, 6.07) is 5.25. The van der Waals surface area contributed by atoms with Crippen molar-refractivity contribution in [2.45, 2.75) is 20.0 Å². The zero-order valence-electron chi connectivity index (χ0n) is 14.0. The predicted molar refractivity (Wildman–Crippen MR) is 86.8 cm³/mol. The van der Waals surface area contributed by atoms with Gasteiger partial charge in [-0.1, -0.05) is 0 Å². The first kappa shape index (κ1) is 16.9. The third-order valence-electron chi connectivity index (χ3n) is 4.02. The van der Waals surface area contributed by atoms with Crippen molar-refractivity contribution >= 4 is 16.9 Å². The number of benzene rings is 1. The van der Waals surface area contributed by atoms with Crippen molar-refractivity contribution in [1.82, 2.24) is 14.5 Å². The maximum absolute atomic E-state index is 12.9. The Balaban J connectivity index is 1.88. The van der Waals surface area contributed by atoms with Gasteiger partial charge in [0.25, 0.3) is 5.91 Å². The van der Waals surface area contributed by atoms with E-state index in [1.54, 1.807) is 32.2 Å². The molecule has 0 N–H and O–H groups in total. The first-order valence-corrected chi connectivity index (χ1v) is 7.54. The summed E-state index contributed by atoms with van der Waals surface area (Å²) in [5.74, 6) is 0.515. The molecule has 0 fully saturated rings. The lowest BCUT2D eigenvalue weighted by molar-refractivity contribution is 0.0604. The summed E-state index contributed by atoms with van der Waals surface area (Å²) in [4.78, 5) is 17.9. The Bertz CT molecular complexity index is 917. The average Bonchev–Trinajstić information content (AvgIpc) is 3.18. The molecule has 0 aliphatic carbocycles. The summed E-state index contributed by atoms with van der Waals surface area (Å²) in [5.41, 5.74) is 1.23. The molecule has 132 valence electrons. The number of aryl methyl sites for hydroxylation is 1. The van der Waals surface area contributed by atoms with Crippen LogP contribution in [0.3, 0.4) is 0 Å². The van der Waals surface area contributed by atoms with Gasteiger partial charge in [-0.15, -0.1) is 0 Å². The van der Waals surface area contributed by atoms with Gasteiger partial charge in [0.15, 0.2) is 5.76 Å². The molecule has 0 radical (unpaired) electrons. The summed E-state index contributed by atoms with van der Waals surface area (Å²) in [6.07, 6.45) is 2.45. The summed E-state index contributed by atoms with van der Waals surface area (Å²) >= 11 is 0. The molecule has 0 aliphatic rings. The Kier molecular flexibility index (Phi) is 4.43. The Labute approximate surface area is 142 Å². The number of methoxy groups -OCH3 is 1. The predicted octanol–water partition coefficient (Wildman–Crippen LogP) is 3.61. The number of fused-ring (bicyclic) bond motifs is 1. The lowest BCUT2D eigenvalue weighted by Crippen LogP contribution is -2.28. The van der Waals surface area contributed by atoms with E-state index in [1.807, 2.05) is 0 Å². The van der Waals surface area contributed by atoms with E-state index in [1.165, 1.54) is 24.3 Å².